The van der Waals surface area contributed by atoms with Crippen LogP contribution in [-0.4, -0.2) is 37.0 Å². The van der Waals surface area contributed by atoms with Gasteiger partial charge in [0.15, 0.2) is 6.29 Å². The summed E-state index contributed by atoms with van der Waals surface area (Å²) in [6.07, 6.45) is 13.0. The summed E-state index contributed by atoms with van der Waals surface area (Å²) in [6, 6.07) is 4.90. The maximum atomic E-state index is 12.5. The molecule has 1 aromatic rings. The van der Waals surface area contributed by atoms with Crippen LogP contribution in [0.1, 0.15) is 15.9 Å². The second kappa shape index (κ2) is 9.45. The second-order valence-electron chi connectivity index (χ2n) is 4.92. The van der Waals surface area contributed by atoms with Crippen LogP contribution in [0.4, 0.5) is 4.39 Å². The molecule has 3 nitrogen and oxygen atoms in total. The standard InChI is InChI=1S/C18H19FO3S/c1-23-16-12-21-17(22-13-16)7-5-3-2-4-6-14-8-10-15(11-9-14)18(19)20/h2-11,16-17H,12-13H2,1H3/b3-2+,6-4+,7-5+. The Morgan fingerprint density at radius 1 is 1.13 bits per heavy atom. The highest BCUT2D eigenvalue weighted by molar-refractivity contribution is 7.99. The predicted molar refractivity (Wildman–Crippen MR) is 92.2 cm³/mol. The molecule has 122 valence electrons. The minimum atomic E-state index is -1.42. The van der Waals surface area contributed by atoms with E-state index in [1.807, 2.05) is 42.7 Å². The summed E-state index contributed by atoms with van der Waals surface area (Å²) in [4.78, 5) is 10.5. The molecule has 0 radical (unpaired) electrons. The molecular formula is C18H19FO3S. The van der Waals surface area contributed by atoms with Crippen molar-refractivity contribution in [1.29, 1.82) is 0 Å². The first-order chi connectivity index (χ1) is 11.2. The Kier molecular flexibility index (Phi) is 7.26. The third kappa shape index (κ3) is 6.14. The molecule has 0 bridgehead atoms. The lowest BCUT2D eigenvalue weighted by atomic mass is 10.1. The van der Waals surface area contributed by atoms with E-state index in [1.54, 1.807) is 23.9 Å². The van der Waals surface area contributed by atoms with E-state index in [0.29, 0.717) is 18.5 Å². The number of thioether (sulfide) groups is 1. The van der Waals surface area contributed by atoms with Gasteiger partial charge in [-0.1, -0.05) is 42.5 Å². The van der Waals surface area contributed by atoms with Crippen LogP contribution in [0.3, 0.4) is 0 Å². The summed E-state index contributed by atoms with van der Waals surface area (Å²) >= 11 is 1.75. The molecule has 0 N–H and O–H groups in total. The van der Waals surface area contributed by atoms with Gasteiger partial charge < -0.3 is 9.47 Å². The SMILES string of the molecule is CSC1COC(/C=C/C=C/C=C/c2ccc(C(=O)F)cc2)OC1. The lowest BCUT2D eigenvalue weighted by molar-refractivity contribution is -0.146. The van der Waals surface area contributed by atoms with Gasteiger partial charge in [-0.2, -0.15) is 16.2 Å². The van der Waals surface area contributed by atoms with Gasteiger partial charge in [0, 0.05) is 0 Å². The molecule has 1 fully saturated rings. The molecule has 2 rings (SSSR count). The van der Waals surface area contributed by atoms with Crippen molar-refractivity contribution < 1.29 is 18.7 Å². The highest BCUT2D eigenvalue weighted by Crippen LogP contribution is 2.15. The molecule has 0 aromatic heterocycles. The van der Waals surface area contributed by atoms with E-state index in [1.165, 1.54) is 12.1 Å². The molecule has 0 saturated carbocycles. The molecule has 1 heterocycles. The number of benzene rings is 1. The van der Waals surface area contributed by atoms with Crippen LogP contribution in [0.5, 0.6) is 0 Å². The van der Waals surface area contributed by atoms with E-state index in [9.17, 15) is 9.18 Å². The first kappa shape index (κ1) is 17.7. The second-order valence-corrected chi connectivity index (χ2v) is 6.06. The Morgan fingerprint density at radius 2 is 1.78 bits per heavy atom. The third-order valence-corrected chi connectivity index (χ3v) is 4.19. The molecule has 0 atom stereocenters. The fourth-order valence-electron chi connectivity index (χ4n) is 1.92. The van der Waals surface area contributed by atoms with E-state index in [4.69, 9.17) is 9.47 Å². The molecule has 0 unspecified atom stereocenters. The summed E-state index contributed by atoms with van der Waals surface area (Å²) in [5, 5.41) is 0.414. The quantitative estimate of drug-likeness (QED) is 0.581. The number of ether oxygens (including phenoxy) is 2. The molecular weight excluding hydrogens is 315 g/mol. The van der Waals surface area contributed by atoms with Crippen LogP contribution in [0.25, 0.3) is 6.08 Å². The molecule has 1 saturated heterocycles. The zero-order valence-corrected chi connectivity index (χ0v) is 13.7. The Labute approximate surface area is 139 Å². The van der Waals surface area contributed by atoms with Crippen molar-refractivity contribution in [3.05, 3.63) is 65.8 Å². The number of halogens is 1. The van der Waals surface area contributed by atoms with E-state index in [0.717, 1.165) is 5.56 Å². The Hall–Kier alpha value is -1.69. The van der Waals surface area contributed by atoms with E-state index < -0.39 is 6.04 Å². The van der Waals surface area contributed by atoms with Gasteiger partial charge >= 0.3 is 6.04 Å². The summed E-state index contributed by atoms with van der Waals surface area (Å²) in [5.74, 6) is 0. The van der Waals surface area contributed by atoms with Crippen LogP contribution in [0.15, 0.2) is 54.6 Å². The summed E-state index contributed by atoms with van der Waals surface area (Å²) in [7, 11) is 0. The number of rotatable bonds is 6. The van der Waals surface area contributed by atoms with Crippen LogP contribution < -0.4 is 0 Å². The van der Waals surface area contributed by atoms with Gasteiger partial charge in [0.2, 0.25) is 0 Å². The molecule has 0 amide bonds. The van der Waals surface area contributed by atoms with Crippen molar-refractivity contribution in [1.82, 2.24) is 0 Å². The van der Waals surface area contributed by atoms with Gasteiger partial charge in [-0.05, 0) is 30.0 Å². The minimum Gasteiger partial charge on any atom is -0.348 e. The average molecular weight is 334 g/mol. The summed E-state index contributed by atoms with van der Waals surface area (Å²) in [5.41, 5.74) is 0.961. The molecule has 0 aliphatic carbocycles. The third-order valence-electron chi connectivity index (χ3n) is 3.25. The van der Waals surface area contributed by atoms with Crippen molar-refractivity contribution in [3.8, 4) is 0 Å². The molecule has 23 heavy (non-hydrogen) atoms. The van der Waals surface area contributed by atoms with Gasteiger partial charge in [-0.3, -0.25) is 4.79 Å². The average Bonchev–Trinajstić information content (AvgIpc) is 2.59. The normalized spacial score (nSPS) is 22.3. The Bertz CT molecular complexity index is 585. The zero-order chi connectivity index (χ0) is 16.5. The van der Waals surface area contributed by atoms with Gasteiger partial charge in [-0.25, -0.2) is 0 Å². The van der Waals surface area contributed by atoms with Gasteiger partial charge in [0.25, 0.3) is 0 Å². The summed E-state index contributed by atoms with van der Waals surface area (Å²) < 4.78 is 23.6. The number of carbonyl (C=O) groups excluding carboxylic acids is 1. The number of carbonyl (C=O) groups is 1. The Morgan fingerprint density at radius 3 is 2.39 bits per heavy atom. The maximum Gasteiger partial charge on any atom is 0.332 e. The van der Waals surface area contributed by atoms with Crippen LogP contribution >= 0.6 is 11.8 Å². The smallest absolute Gasteiger partial charge is 0.332 e. The molecule has 1 aliphatic heterocycles. The predicted octanol–water partition coefficient (Wildman–Crippen LogP) is 4.03. The summed E-state index contributed by atoms with van der Waals surface area (Å²) in [6.45, 7) is 1.41. The van der Waals surface area contributed by atoms with E-state index in [2.05, 4.69) is 0 Å². The van der Waals surface area contributed by atoms with Crippen molar-refractivity contribution in [3.63, 3.8) is 0 Å². The van der Waals surface area contributed by atoms with Crippen LogP contribution in [0.2, 0.25) is 0 Å². The molecule has 0 spiro atoms. The minimum absolute atomic E-state index is 0.0665. The first-order valence-electron chi connectivity index (χ1n) is 7.26. The van der Waals surface area contributed by atoms with Gasteiger partial charge in [-0.15, -0.1) is 0 Å². The van der Waals surface area contributed by atoms with Crippen molar-refractivity contribution in [2.45, 2.75) is 11.5 Å². The Balaban J connectivity index is 1.75. The van der Waals surface area contributed by atoms with E-state index in [-0.39, 0.29) is 11.9 Å². The van der Waals surface area contributed by atoms with Crippen molar-refractivity contribution in [2.24, 2.45) is 0 Å². The lowest BCUT2D eigenvalue weighted by Gasteiger charge is -2.26. The fourth-order valence-corrected chi connectivity index (χ4v) is 2.35. The first-order valence-corrected chi connectivity index (χ1v) is 8.55. The highest BCUT2D eigenvalue weighted by atomic mass is 32.2. The van der Waals surface area contributed by atoms with Gasteiger partial charge in [0.05, 0.1) is 24.0 Å². The molecule has 1 aliphatic rings. The molecule has 1 aromatic carbocycles. The largest absolute Gasteiger partial charge is 0.348 e. The highest BCUT2D eigenvalue weighted by Gasteiger charge is 2.18. The monoisotopic (exact) mass is 334 g/mol. The number of hydrogen-bond donors (Lipinski definition) is 0. The fraction of sp³-hybridized carbons (Fsp3) is 0.278. The van der Waals surface area contributed by atoms with Crippen molar-refractivity contribution in [2.75, 3.05) is 19.5 Å². The van der Waals surface area contributed by atoms with Crippen LogP contribution in [-0.2, 0) is 9.47 Å². The van der Waals surface area contributed by atoms with Crippen LogP contribution in [0, 0.1) is 0 Å². The van der Waals surface area contributed by atoms with Crippen molar-refractivity contribution >= 4 is 23.9 Å². The topological polar surface area (TPSA) is 35.5 Å². The van der Waals surface area contributed by atoms with E-state index >= 15 is 0 Å². The van der Waals surface area contributed by atoms with Gasteiger partial charge in [0.1, 0.15) is 0 Å². The number of hydrogen-bond acceptors (Lipinski definition) is 4. The number of allylic oxidation sites excluding steroid dienone is 4. The zero-order valence-electron chi connectivity index (χ0n) is 12.9. The lowest BCUT2D eigenvalue weighted by Crippen LogP contribution is -2.32. The molecule has 5 heteroatoms. The maximum absolute atomic E-state index is 12.5.